The zero-order valence-corrected chi connectivity index (χ0v) is 9.46. The van der Waals surface area contributed by atoms with Gasteiger partial charge in [0.15, 0.2) is 12.1 Å². The van der Waals surface area contributed by atoms with Crippen molar-refractivity contribution >= 4 is 6.29 Å². The van der Waals surface area contributed by atoms with E-state index in [2.05, 4.69) is 9.97 Å². The minimum absolute atomic E-state index is 0.256. The van der Waals surface area contributed by atoms with E-state index < -0.39 is 0 Å². The number of rotatable bonds is 4. The van der Waals surface area contributed by atoms with Crippen molar-refractivity contribution in [1.29, 1.82) is 0 Å². The molecule has 17 heavy (non-hydrogen) atoms. The second-order valence-corrected chi connectivity index (χ2v) is 3.56. The smallest absolute Gasteiger partial charge is 0.166 e. The van der Waals surface area contributed by atoms with Crippen LogP contribution in [0, 0.1) is 6.92 Å². The zero-order chi connectivity index (χ0) is 12.1. The summed E-state index contributed by atoms with van der Waals surface area (Å²) < 4.78 is 5.59. The molecule has 0 radical (unpaired) electrons. The Hall–Kier alpha value is -2.23. The molecule has 86 valence electrons. The van der Waals surface area contributed by atoms with Crippen LogP contribution in [0.1, 0.15) is 21.7 Å². The molecule has 0 saturated heterocycles. The minimum Gasteiger partial charge on any atom is -0.485 e. The van der Waals surface area contributed by atoms with Gasteiger partial charge in [-0.15, -0.1) is 0 Å². The molecule has 0 aliphatic heterocycles. The van der Waals surface area contributed by atoms with Crippen molar-refractivity contribution in [2.75, 3.05) is 0 Å². The third-order valence-electron chi connectivity index (χ3n) is 2.33. The lowest BCUT2D eigenvalue weighted by atomic mass is 10.1. The highest BCUT2D eigenvalue weighted by Gasteiger charge is 2.06. The fourth-order valence-electron chi connectivity index (χ4n) is 1.51. The van der Waals surface area contributed by atoms with Crippen LogP contribution in [-0.2, 0) is 6.61 Å². The van der Waals surface area contributed by atoms with Crippen molar-refractivity contribution in [3.8, 4) is 5.75 Å². The quantitative estimate of drug-likeness (QED) is 0.752. The fraction of sp³-hybridized carbons (Fsp3) is 0.154. The van der Waals surface area contributed by atoms with Crippen LogP contribution in [-0.4, -0.2) is 16.3 Å². The molecule has 0 fully saturated rings. The number of aryl methyl sites for hydroxylation is 1. The molecule has 0 N–H and O–H groups in total. The van der Waals surface area contributed by atoms with Crippen LogP contribution < -0.4 is 4.74 Å². The Morgan fingerprint density at radius 3 is 2.71 bits per heavy atom. The molecule has 0 aliphatic carbocycles. The van der Waals surface area contributed by atoms with Gasteiger partial charge in [-0.3, -0.25) is 4.79 Å². The van der Waals surface area contributed by atoms with E-state index in [1.807, 2.05) is 19.1 Å². The first-order valence-electron chi connectivity index (χ1n) is 5.25. The van der Waals surface area contributed by atoms with Gasteiger partial charge in [-0.25, -0.2) is 9.97 Å². The summed E-state index contributed by atoms with van der Waals surface area (Å²) in [5, 5.41) is 0. The van der Waals surface area contributed by atoms with Crippen LogP contribution in [0.5, 0.6) is 5.75 Å². The van der Waals surface area contributed by atoms with E-state index in [-0.39, 0.29) is 6.61 Å². The molecule has 0 spiro atoms. The standard InChI is InChI=1S/C13H12N2O2/c1-10-4-2-5-11(8-16)13(10)17-9-12-14-6-3-7-15-12/h2-8H,9H2,1H3. The number of carbonyl (C=O) groups excluding carboxylic acids is 1. The summed E-state index contributed by atoms with van der Waals surface area (Å²) in [4.78, 5) is 19.0. The third kappa shape index (κ3) is 2.66. The number of para-hydroxylation sites is 1. The van der Waals surface area contributed by atoms with E-state index in [4.69, 9.17) is 4.74 Å². The number of ether oxygens (including phenoxy) is 1. The molecule has 2 rings (SSSR count). The van der Waals surface area contributed by atoms with E-state index in [1.165, 1.54) is 0 Å². The number of hydrogen-bond donors (Lipinski definition) is 0. The number of aromatic nitrogens is 2. The summed E-state index contributed by atoms with van der Waals surface area (Å²) in [6.07, 6.45) is 4.10. The molecule has 4 heteroatoms. The molecule has 0 saturated carbocycles. The van der Waals surface area contributed by atoms with Gasteiger partial charge in [-0.1, -0.05) is 12.1 Å². The zero-order valence-electron chi connectivity index (χ0n) is 9.46. The van der Waals surface area contributed by atoms with Crippen LogP contribution in [0.15, 0.2) is 36.7 Å². The minimum atomic E-state index is 0.256. The molecule has 1 aromatic carbocycles. The van der Waals surface area contributed by atoms with E-state index >= 15 is 0 Å². The molecule has 1 heterocycles. The van der Waals surface area contributed by atoms with Crippen LogP contribution >= 0.6 is 0 Å². The Balaban J connectivity index is 2.16. The van der Waals surface area contributed by atoms with Gasteiger partial charge in [0, 0.05) is 12.4 Å². The summed E-state index contributed by atoms with van der Waals surface area (Å²) >= 11 is 0. The van der Waals surface area contributed by atoms with Crippen molar-refractivity contribution in [3.63, 3.8) is 0 Å². The third-order valence-corrected chi connectivity index (χ3v) is 2.33. The lowest BCUT2D eigenvalue weighted by molar-refractivity contribution is 0.111. The molecular formula is C13H12N2O2. The van der Waals surface area contributed by atoms with Crippen molar-refractivity contribution in [2.24, 2.45) is 0 Å². The Morgan fingerprint density at radius 2 is 2.00 bits per heavy atom. The van der Waals surface area contributed by atoms with Crippen molar-refractivity contribution in [3.05, 3.63) is 53.6 Å². The first-order valence-corrected chi connectivity index (χ1v) is 5.25. The average molecular weight is 228 g/mol. The molecule has 0 aliphatic rings. The number of benzene rings is 1. The summed E-state index contributed by atoms with van der Waals surface area (Å²) in [6.45, 7) is 2.15. The van der Waals surface area contributed by atoms with Crippen LogP contribution in [0.2, 0.25) is 0 Å². The monoisotopic (exact) mass is 228 g/mol. The maximum Gasteiger partial charge on any atom is 0.166 e. The number of hydrogen-bond acceptors (Lipinski definition) is 4. The second kappa shape index (κ2) is 5.21. The predicted molar refractivity (Wildman–Crippen MR) is 62.9 cm³/mol. The SMILES string of the molecule is Cc1cccc(C=O)c1OCc1ncccn1. The lowest BCUT2D eigenvalue weighted by Gasteiger charge is -2.10. The fourth-order valence-corrected chi connectivity index (χ4v) is 1.51. The molecule has 0 amide bonds. The van der Waals surface area contributed by atoms with E-state index in [1.54, 1.807) is 24.5 Å². The highest BCUT2D eigenvalue weighted by Crippen LogP contribution is 2.22. The lowest BCUT2D eigenvalue weighted by Crippen LogP contribution is -2.03. The Labute approximate surface area is 99.3 Å². The van der Waals surface area contributed by atoms with Gasteiger partial charge in [-0.05, 0) is 24.6 Å². The number of carbonyl (C=O) groups is 1. The van der Waals surface area contributed by atoms with Crippen LogP contribution in [0.3, 0.4) is 0 Å². The molecule has 1 aromatic heterocycles. The van der Waals surface area contributed by atoms with Gasteiger partial charge in [0.1, 0.15) is 12.4 Å². The highest BCUT2D eigenvalue weighted by molar-refractivity contribution is 5.80. The Kier molecular flexibility index (Phi) is 3.45. The summed E-state index contributed by atoms with van der Waals surface area (Å²) in [7, 11) is 0. The largest absolute Gasteiger partial charge is 0.485 e. The summed E-state index contributed by atoms with van der Waals surface area (Å²) in [5.74, 6) is 1.18. The topological polar surface area (TPSA) is 52.1 Å². The van der Waals surface area contributed by atoms with Gasteiger partial charge in [0.05, 0.1) is 5.56 Å². The van der Waals surface area contributed by atoms with E-state index in [0.717, 1.165) is 11.8 Å². The van der Waals surface area contributed by atoms with Gasteiger partial charge < -0.3 is 4.74 Å². The maximum absolute atomic E-state index is 10.9. The predicted octanol–water partition coefficient (Wildman–Crippen LogP) is 2.18. The summed E-state index contributed by atoms with van der Waals surface area (Å²) in [6, 6.07) is 7.19. The normalized spacial score (nSPS) is 9.94. The van der Waals surface area contributed by atoms with Gasteiger partial charge in [0.25, 0.3) is 0 Å². The number of nitrogens with zero attached hydrogens (tertiary/aromatic N) is 2. The molecule has 0 unspecified atom stereocenters. The first-order chi connectivity index (χ1) is 8.31. The molecule has 4 nitrogen and oxygen atoms in total. The van der Waals surface area contributed by atoms with Gasteiger partial charge >= 0.3 is 0 Å². The van der Waals surface area contributed by atoms with E-state index in [0.29, 0.717) is 17.1 Å². The molecule has 0 atom stereocenters. The second-order valence-electron chi connectivity index (χ2n) is 3.56. The molecule has 2 aromatic rings. The van der Waals surface area contributed by atoms with Crippen molar-refractivity contribution in [2.45, 2.75) is 13.5 Å². The van der Waals surface area contributed by atoms with Crippen LogP contribution in [0.25, 0.3) is 0 Å². The van der Waals surface area contributed by atoms with Gasteiger partial charge in [0.2, 0.25) is 0 Å². The van der Waals surface area contributed by atoms with Crippen LogP contribution in [0.4, 0.5) is 0 Å². The molecule has 0 bridgehead atoms. The first kappa shape index (κ1) is 11.3. The van der Waals surface area contributed by atoms with Crippen molar-refractivity contribution < 1.29 is 9.53 Å². The Bertz CT molecular complexity index is 512. The highest BCUT2D eigenvalue weighted by atomic mass is 16.5. The molecular weight excluding hydrogens is 216 g/mol. The Morgan fingerprint density at radius 1 is 1.24 bits per heavy atom. The summed E-state index contributed by atoms with van der Waals surface area (Å²) in [5.41, 5.74) is 1.46. The van der Waals surface area contributed by atoms with Gasteiger partial charge in [-0.2, -0.15) is 0 Å². The number of aldehydes is 1. The average Bonchev–Trinajstić information content (AvgIpc) is 2.38. The van der Waals surface area contributed by atoms with E-state index in [9.17, 15) is 4.79 Å². The van der Waals surface area contributed by atoms with Crippen molar-refractivity contribution in [1.82, 2.24) is 9.97 Å². The maximum atomic E-state index is 10.9.